The zero-order valence-corrected chi connectivity index (χ0v) is 9.32. The van der Waals surface area contributed by atoms with Crippen LogP contribution in [0.2, 0.25) is 0 Å². The van der Waals surface area contributed by atoms with E-state index in [1.165, 1.54) is 0 Å². The van der Waals surface area contributed by atoms with E-state index in [2.05, 4.69) is 20.6 Å². The first-order valence-corrected chi connectivity index (χ1v) is 5.47. The van der Waals surface area contributed by atoms with Gasteiger partial charge in [0.2, 0.25) is 11.8 Å². The number of nitrogens with zero attached hydrogens (tertiary/aromatic N) is 1. The number of nitrogens with two attached hydrogens (primary N) is 1. The quantitative estimate of drug-likeness (QED) is 0.506. The van der Waals surface area contributed by atoms with Crippen LogP contribution in [0.25, 0.3) is 0 Å². The average Bonchev–Trinajstić information content (AvgIpc) is 2.75. The lowest BCUT2D eigenvalue weighted by Gasteiger charge is -2.22. The maximum absolute atomic E-state index is 11.7. The summed E-state index contributed by atoms with van der Waals surface area (Å²) in [5.41, 5.74) is 6.92. The van der Waals surface area contributed by atoms with Crippen LogP contribution < -0.4 is 16.4 Å². The van der Waals surface area contributed by atoms with Crippen molar-refractivity contribution in [1.29, 1.82) is 0 Å². The van der Waals surface area contributed by atoms with E-state index in [9.17, 15) is 9.59 Å². The summed E-state index contributed by atoms with van der Waals surface area (Å²) in [5.74, 6) is -0.545. The molecular weight excluding hydrogens is 222 g/mol. The number of hydrogen-bond donors (Lipinski definition) is 4. The Morgan fingerprint density at radius 1 is 1.59 bits per heavy atom. The van der Waals surface area contributed by atoms with Gasteiger partial charge in [-0.2, -0.15) is 0 Å². The topological polar surface area (TPSA) is 113 Å². The van der Waals surface area contributed by atoms with Crippen LogP contribution in [0.4, 0.5) is 0 Å². The third-order valence-corrected chi connectivity index (χ3v) is 2.72. The van der Waals surface area contributed by atoms with Crippen molar-refractivity contribution in [3.63, 3.8) is 0 Å². The molecular formula is C10H15N5O2. The maximum Gasteiger partial charge on any atom is 0.237 e. The zero-order valence-electron chi connectivity index (χ0n) is 9.32. The summed E-state index contributed by atoms with van der Waals surface area (Å²) in [7, 11) is 0. The minimum atomic E-state index is -0.420. The molecule has 0 aliphatic carbocycles. The SMILES string of the molecule is NC(=O)CCNC(=O)C1Cc2nc[nH]c2CN1. The van der Waals surface area contributed by atoms with Gasteiger partial charge in [0, 0.05) is 25.9 Å². The number of hydrogen-bond acceptors (Lipinski definition) is 4. The fourth-order valence-electron chi connectivity index (χ4n) is 1.79. The van der Waals surface area contributed by atoms with Gasteiger partial charge in [-0.05, 0) is 0 Å². The molecule has 1 aliphatic rings. The van der Waals surface area contributed by atoms with Gasteiger partial charge in [-0.25, -0.2) is 4.98 Å². The average molecular weight is 237 g/mol. The molecule has 1 atom stereocenters. The van der Waals surface area contributed by atoms with Crippen molar-refractivity contribution in [1.82, 2.24) is 20.6 Å². The lowest BCUT2D eigenvalue weighted by atomic mass is 10.0. The van der Waals surface area contributed by atoms with E-state index < -0.39 is 5.91 Å². The molecule has 0 saturated carbocycles. The van der Waals surface area contributed by atoms with Crippen LogP contribution >= 0.6 is 0 Å². The highest BCUT2D eigenvalue weighted by Crippen LogP contribution is 2.11. The van der Waals surface area contributed by atoms with Gasteiger partial charge >= 0.3 is 0 Å². The number of amides is 2. The predicted octanol–water partition coefficient (Wildman–Crippen LogP) is -1.58. The molecule has 5 N–H and O–H groups in total. The first-order valence-electron chi connectivity index (χ1n) is 5.47. The van der Waals surface area contributed by atoms with Crippen LogP contribution in [0.1, 0.15) is 17.8 Å². The normalized spacial score (nSPS) is 18.5. The summed E-state index contributed by atoms with van der Waals surface area (Å²) in [6, 6.07) is -0.293. The second kappa shape index (κ2) is 4.96. The lowest BCUT2D eigenvalue weighted by Crippen LogP contribution is -2.48. The molecule has 1 aliphatic heterocycles. The van der Waals surface area contributed by atoms with E-state index in [-0.39, 0.29) is 24.9 Å². The van der Waals surface area contributed by atoms with Crippen molar-refractivity contribution in [2.75, 3.05) is 6.54 Å². The van der Waals surface area contributed by atoms with Crippen LogP contribution in [-0.4, -0.2) is 34.4 Å². The van der Waals surface area contributed by atoms with Crippen LogP contribution in [0, 0.1) is 0 Å². The summed E-state index contributed by atoms with van der Waals surface area (Å²) < 4.78 is 0. The van der Waals surface area contributed by atoms with Crippen LogP contribution in [-0.2, 0) is 22.6 Å². The largest absolute Gasteiger partial charge is 0.370 e. The van der Waals surface area contributed by atoms with Crippen molar-refractivity contribution in [2.24, 2.45) is 5.73 Å². The van der Waals surface area contributed by atoms with Crippen LogP contribution in [0.3, 0.4) is 0 Å². The Balaban J connectivity index is 1.84. The highest BCUT2D eigenvalue weighted by Gasteiger charge is 2.25. The number of nitrogens with one attached hydrogen (secondary N) is 3. The molecule has 2 heterocycles. The number of aromatic amines is 1. The highest BCUT2D eigenvalue weighted by molar-refractivity contribution is 5.83. The molecule has 0 spiro atoms. The van der Waals surface area contributed by atoms with Gasteiger partial charge in [-0.3, -0.25) is 14.9 Å². The summed E-state index contributed by atoms with van der Waals surface area (Å²) in [6.07, 6.45) is 2.34. The third-order valence-electron chi connectivity index (χ3n) is 2.72. The smallest absolute Gasteiger partial charge is 0.237 e. The van der Waals surface area contributed by atoms with Gasteiger partial charge in [-0.1, -0.05) is 0 Å². The second-order valence-electron chi connectivity index (χ2n) is 3.97. The van der Waals surface area contributed by atoms with Gasteiger partial charge in [0.05, 0.1) is 23.8 Å². The number of imidazole rings is 1. The van der Waals surface area contributed by atoms with Gasteiger partial charge < -0.3 is 16.0 Å². The Kier molecular flexibility index (Phi) is 3.38. The molecule has 1 unspecified atom stereocenters. The molecule has 2 rings (SSSR count). The molecule has 0 bridgehead atoms. The van der Waals surface area contributed by atoms with Crippen molar-refractivity contribution in [2.45, 2.75) is 25.4 Å². The number of primary amides is 1. The summed E-state index contributed by atoms with van der Waals surface area (Å²) >= 11 is 0. The number of fused-ring (bicyclic) bond motifs is 1. The summed E-state index contributed by atoms with van der Waals surface area (Å²) in [4.78, 5) is 29.4. The number of carbonyl (C=O) groups excluding carboxylic acids is 2. The van der Waals surface area contributed by atoms with Crippen molar-refractivity contribution in [3.8, 4) is 0 Å². The van der Waals surface area contributed by atoms with Gasteiger partial charge in [-0.15, -0.1) is 0 Å². The maximum atomic E-state index is 11.7. The minimum Gasteiger partial charge on any atom is -0.370 e. The number of carbonyl (C=O) groups is 2. The minimum absolute atomic E-state index is 0.125. The molecule has 0 saturated heterocycles. The lowest BCUT2D eigenvalue weighted by molar-refractivity contribution is -0.123. The molecule has 1 aromatic rings. The van der Waals surface area contributed by atoms with E-state index in [1.807, 2.05) is 0 Å². The Morgan fingerprint density at radius 2 is 2.41 bits per heavy atom. The Bertz CT molecular complexity index is 428. The fraction of sp³-hybridized carbons (Fsp3) is 0.500. The van der Waals surface area contributed by atoms with Gasteiger partial charge in [0.1, 0.15) is 0 Å². The molecule has 2 amide bonds. The first-order chi connectivity index (χ1) is 8.16. The standard InChI is InChI=1S/C10H15N5O2/c11-9(16)1-2-12-10(17)7-3-6-8(4-13-7)15-5-14-6/h5,7,13H,1-4H2,(H2,11,16)(H,12,17)(H,14,15). The van der Waals surface area contributed by atoms with Gasteiger partial charge in [0.15, 0.2) is 0 Å². The number of H-pyrrole nitrogens is 1. The van der Waals surface area contributed by atoms with E-state index >= 15 is 0 Å². The zero-order chi connectivity index (χ0) is 12.3. The number of aromatic nitrogens is 2. The highest BCUT2D eigenvalue weighted by atomic mass is 16.2. The summed E-state index contributed by atoms with van der Waals surface area (Å²) in [5, 5.41) is 5.77. The number of rotatable bonds is 4. The van der Waals surface area contributed by atoms with E-state index in [0.717, 1.165) is 11.4 Å². The van der Waals surface area contributed by atoms with E-state index in [1.54, 1.807) is 6.33 Å². The van der Waals surface area contributed by atoms with Crippen molar-refractivity contribution in [3.05, 3.63) is 17.7 Å². The molecule has 0 fully saturated rings. The first kappa shape index (κ1) is 11.6. The second-order valence-corrected chi connectivity index (χ2v) is 3.97. The molecule has 7 heteroatoms. The third kappa shape index (κ3) is 2.82. The molecule has 0 radical (unpaired) electrons. The van der Waals surface area contributed by atoms with E-state index in [4.69, 9.17) is 5.73 Å². The van der Waals surface area contributed by atoms with Crippen LogP contribution in [0.15, 0.2) is 6.33 Å². The Hall–Kier alpha value is -1.89. The Morgan fingerprint density at radius 3 is 3.18 bits per heavy atom. The summed E-state index contributed by atoms with van der Waals surface area (Å²) in [6.45, 7) is 0.878. The molecule has 0 aromatic carbocycles. The molecule has 92 valence electrons. The van der Waals surface area contributed by atoms with Crippen molar-refractivity contribution < 1.29 is 9.59 Å². The molecule has 17 heavy (non-hydrogen) atoms. The van der Waals surface area contributed by atoms with Crippen molar-refractivity contribution >= 4 is 11.8 Å². The van der Waals surface area contributed by atoms with E-state index in [0.29, 0.717) is 13.0 Å². The monoisotopic (exact) mass is 237 g/mol. The molecule has 1 aromatic heterocycles. The van der Waals surface area contributed by atoms with Crippen LogP contribution in [0.5, 0.6) is 0 Å². The predicted molar refractivity (Wildman–Crippen MR) is 59.7 cm³/mol. The molecule has 7 nitrogen and oxygen atoms in total. The Labute approximate surface area is 98.2 Å². The van der Waals surface area contributed by atoms with Gasteiger partial charge in [0.25, 0.3) is 0 Å². The fourth-order valence-corrected chi connectivity index (χ4v) is 1.79.